The highest BCUT2D eigenvalue weighted by atomic mass is 19.1. The van der Waals surface area contributed by atoms with Gasteiger partial charge in [-0.05, 0) is 12.1 Å². The largest absolute Gasteiger partial charge is 0.352 e. The second-order valence-corrected chi connectivity index (χ2v) is 5.85. The Hall–Kier alpha value is -2.32. The second kappa shape index (κ2) is 9.24. The molecule has 0 bridgehead atoms. The molecule has 1 saturated heterocycles. The van der Waals surface area contributed by atoms with Crippen molar-refractivity contribution in [3.63, 3.8) is 0 Å². The van der Waals surface area contributed by atoms with Crippen molar-refractivity contribution in [2.75, 3.05) is 51.1 Å². The highest BCUT2D eigenvalue weighted by molar-refractivity contribution is 5.92. The zero-order chi connectivity index (χ0) is 18.2. The first-order valence-electron chi connectivity index (χ1n) is 8.04. The molecule has 0 aromatic heterocycles. The molecule has 1 aromatic rings. The number of nitrogens with one attached hydrogen (secondary N) is 2. The van der Waals surface area contributed by atoms with Gasteiger partial charge in [0, 0.05) is 44.5 Å². The summed E-state index contributed by atoms with van der Waals surface area (Å²) in [6.07, 6.45) is 1.62. The summed E-state index contributed by atoms with van der Waals surface area (Å²) in [6, 6.07) is 2.89. The molecule has 1 heterocycles. The van der Waals surface area contributed by atoms with Crippen LogP contribution in [0, 0.1) is 11.6 Å². The number of piperazine rings is 1. The van der Waals surface area contributed by atoms with Crippen LogP contribution in [0.2, 0.25) is 0 Å². The molecule has 6 nitrogen and oxygen atoms in total. The van der Waals surface area contributed by atoms with Gasteiger partial charge in [0.15, 0.2) is 0 Å². The average Bonchev–Trinajstić information content (AvgIpc) is 2.53. The van der Waals surface area contributed by atoms with Gasteiger partial charge in [0.1, 0.15) is 11.6 Å². The Labute approximate surface area is 145 Å². The molecule has 0 atom stereocenters. The maximum absolute atomic E-state index is 13.1. The number of nitrogens with zero attached hydrogens (tertiary/aromatic N) is 2. The highest BCUT2D eigenvalue weighted by Gasteiger charge is 2.20. The van der Waals surface area contributed by atoms with E-state index < -0.39 is 11.6 Å². The van der Waals surface area contributed by atoms with Gasteiger partial charge in [-0.2, -0.15) is 0 Å². The number of halogens is 2. The zero-order valence-corrected chi connectivity index (χ0v) is 13.9. The van der Waals surface area contributed by atoms with E-state index in [-0.39, 0.29) is 24.0 Å². The van der Waals surface area contributed by atoms with E-state index in [1.54, 1.807) is 6.08 Å². The third-order valence-electron chi connectivity index (χ3n) is 3.79. The molecule has 0 saturated carbocycles. The number of carbonyl (C=O) groups is 2. The van der Waals surface area contributed by atoms with Crippen LogP contribution < -0.4 is 10.6 Å². The van der Waals surface area contributed by atoms with E-state index in [0.29, 0.717) is 39.3 Å². The molecule has 2 rings (SSSR count). The normalized spacial score (nSPS) is 15.6. The van der Waals surface area contributed by atoms with Crippen molar-refractivity contribution >= 4 is 17.5 Å². The van der Waals surface area contributed by atoms with Gasteiger partial charge in [-0.1, -0.05) is 6.08 Å². The standard InChI is InChI=1S/C17H22F2N4O2/c1-2-3-20-16(24)11-22-4-6-23(7-5-22)12-17(25)21-15-9-13(18)8-14(19)10-15/h2,8-10H,1,3-7,11-12H2,(H,20,24)(H,21,25). The van der Waals surface area contributed by atoms with Crippen molar-refractivity contribution < 1.29 is 18.4 Å². The van der Waals surface area contributed by atoms with Gasteiger partial charge < -0.3 is 10.6 Å². The predicted molar refractivity (Wildman–Crippen MR) is 91.1 cm³/mol. The van der Waals surface area contributed by atoms with E-state index in [4.69, 9.17) is 0 Å². The van der Waals surface area contributed by atoms with Crippen LogP contribution in [0.5, 0.6) is 0 Å². The molecule has 0 radical (unpaired) electrons. The number of hydrogen-bond donors (Lipinski definition) is 2. The van der Waals surface area contributed by atoms with Crippen LogP contribution in [0.4, 0.5) is 14.5 Å². The lowest BCUT2D eigenvalue weighted by molar-refractivity contribution is -0.123. The Balaban J connectivity index is 1.73. The molecule has 1 fully saturated rings. The summed E-state index contributed by atoms with van der Waals surface area (Å²) in [5.74, 6) is -1.86. The Bertz CT molecular complexity index is 611. The van der Waals surface area contributed by atoms with Crippen LogP contribution in [-0.2, 0) is 9.59 Å². The fraction of sp³-hybridized carbons (Fsp3) is 0.412. The molecule has 8 heteroatoms. The van der Waals surface area contributed by atoms with E-state index in [9.17, 15) is 18.4 Å². The summed E-state index contributed by atoms with van der Waals surface area (Å²) in [5.41, 5.74) is 0.0972. The zero-order valence-electron chi connectivity index (χ0n) is 13.9. The van der Waals surface area contributed by atoms with Gasteiger partial charge in [0.2, 0.25) is 11.8 Å². The van der Waals surface area contributed by atoms with Gasteiger partial charge in [-0.25, -0.2) is 8.78 Å². The van der Waals surface area contributed by atoms with Gasteiger partial charge in [0.05, 0.1) is 13.1 Å². The summed E-state index contributed by atoms with van der Waals surface area (Å²) in [6.45, 7) is 7.05. The third kappa shape index (κ3) is 6.60. The molecule has 0 aliphatic carbocycles. The van der Waals surface area contributed by atoms with Crippen LogP contribution in [-0.4, -0.2) is 67.4 Å². The summed E-state index contributed by atoms with van der Waals surface area (Å²) in [5, 5.41) is 5.21. The van der Waals surface area contributed by atoms with Gasteiger partial charge >= 0.3 is 0 Å². The number of rotatable bonds is 7. The maximum Gasteiger partial charge on any atom is 0.238 e. The quantitative estimate of drug-likeness (QED) is 0.714. The van der Waals surface area contributed by atoms with Crippen molar-refractivity contribution in [3.8, 4) is 0 Å². The molecule has 2 amide bonds. The molecular weight excluding hydrogens is 330 g/mol. The van der Waals surface area contributed by atoms with Gasteiger partial charge in [0.25, 0.3) is 0 Å². The van der Waals surface area contributed by atoms with Crippen LogP contribution in [0.1, 0.15) is 0 Å². The molecule has 25 heavy (non-hydrogen) atoms. The number of carbonyl (C=O) groups excluding carboxylic acids is 2. The number of hydrogen-bond acceptors (Lipinski definition) is 4. The Morgan fingerprint density at radius 3 is 2.04 bits per heavy atom. The lowest BCUT2D eigenvalue weighted by atomic mass is 10.2. The number of anilines is 1. The Morgan fingerprint density at radius 2 is 1.52 bits per heavy atom. The first-order valence-corrected chi connectivity index (χ1v) is 8.04. The molecule has 1 aliphatic rings. The first-order chi connectivity index (χ1) is 12.0. The maximum atomic E-state index is 13.1. The van der Waals surface area contributed by atoms with E-state index in [1.807, 2.05) is 9.80 Å². The summed E-state index contributed by atoms with van der Waals surface area (Å²) >= 11 is 0. The fourth-order valence-corrected chi connectivity index (χ4v) is 2.58. The molecule has 1 aromatic carbocycles. The minimum absolute atomic E-state index is 0.0563. The summed E-state index contributed by atoms with van der Waals surface area (Å²) < 4.78 is 26.2. The van der Waals surface area contributed by atoms with Crippen molar-refractivity contribution in [3.05, 3.63) is 42.5 Å². The summed E-state index contributed by atoms with van der Waals surface area (Å²) in [7, 11) is 0. The number of amides is 2. The third-order valence-corrected chi connectivity index (χ3v) is 3.79. The smallest absolute Gasteiger partial charge is 0.238 e. The van der Waals surface area contributed by atoms with E-state index >= 15 is 0 Å². The molecule has 136 valence electrons. The minimum Gasteiger partial charge on any atom is -0.352 e. The lowest BCUT2D eigenvalue weighted by Crippen LogP contribution is -2.51. The van der Waals surface area contributed by atoms with Gasteiger partial charge in [-0.15, -0.1) is 6.58 Å². The average molecular weight is 352 g/mol. The van der Waals surface area contributed by atoms with Crippen LogP contribution in [0.25, 0.3) is 0 Å². The van der Waals surface area contributed by atoms with E-state index in [1.165, 1.54) is 0 Å². The highest BCUT2D eigenvalue weighted by Crippen LogP contribution is 2.13. The van der Waals surface area contributed by atoms with Crippen molar-refractivity contribution in [2.24, 2.45) is 0 Å². The first kappa shape index (κ1) is 19.0. The van der Waals surface area contributed by atoms with Crippen LogP contribution >= 0.6 is 0 Å². The van der Waals surface area contributed by atoms with Crippen molar-refractivity contribution in [2.45, 2.75) is 0 Å². The van der Waals surface area contributed by atoms with Crippen molar-refractivity contribution in [1.29, 1.82) is 0 Å². The number of benzene rings is 1. The van der Waals surface area contributed by atoms with Crippen molar-refractivity contribution in [1.82, 2.24) is 15.1 Å². The van der Waals surface area contributed by atoms with Crippen LogP contribution in [0.3, 0.4) is 0 Å². The molecule has 0 unspecified atom stereocenters. The van der Waals surface area contributed by atoms with E-state index in [0.717, 1.165) is 18.2 Å². The van der Waals surface area contributed by atoms with Gasteiger partial charge in [-0.3, -0.25) is 19.4 Å². The predicted octanol–water partition coefficient (Wildman–Crippen LogP) is 0.823. The Kier molecular flexibility index (Phi) is 7.03. The second-order valence-electron chi connectivity index (χ2n) is 5.85. The molecule has 1 aliphatic heterocycles. The summed E-state index contributed by atoms with van der Waals surface area (Å²) in [4.78, 5) is 27.6. The van der Waals surface area contributed by atoms with Crippen LogP contribution in [0.15, 0.2) is 30.9 Å². The SMILES string of the molecule is C=CCNC(=O)CN1CCN(CC(=O)Nc2cc(F)cc(F)c2)CC1. The minimum atomic E-state index is -0.737. The Morgan fingerprint density at radius 1 is 1.00 bits per heavy atom. The molecule has 2 N–H and O–H groups in total. The monoisotopic (exact) mass is 352 g/mol. The topological polar surface area (TPSA) is 64.7 Å². The molecular formula is C17H22F2N4O2. The lowest BCUT2D eigenvalue weighted by Gasteiger charge is -2.33. The fourth-order valence-electron chi connectivity index (χ4n) is 2.58. The van der Waals surface area contributed by atoms with E-state index in [2.05, 4.69) is 17.2 Å². The molecule has 0 spiro atoms.